The molecule has 1 N–H and O–H groups in total. The highest BCUT2D eigenvalue weighted by Gasteiger charge is 2.26. The van der Waals surface area contributed by atoms with Gasteiger partial charge >= 0.3 is 0 Å². The van der Waals surface area contributed by atoms with Gasteiger partial charge < -0.3 is 24.6 Å². The van der Waals surface area contributed by atoms with Crippen LogP contribution < -0.4 is 14.8 Å². The molecule has 0 unspecified atom stereocenters. The van der Waals surface area contributed by atoms with Crippen molar-refractivity contribution in [1.82, 2.24) is 9.80 Å². The average molecular weight is 319 g/mol. The third kappa shape index (κ3) is 3.33. The Kier molecular flexibility index (Phi) is 4.27. The Hall–Kier alpha value is -2.44. The molecule has 7 heteroatoms. The molecule has 2 aliphatic heterocycles. The number of hydrogen-bond donors (Lipinski definition) is 1. The van der Waals surface area contributed by atoms with Gasteiger partial charge in [0.2, 0.25) is 18.6 Å². The number of rotatable bonds is 3. The number of nitrogens with one attached hydrogen (secondary N) is 1. The van der Waals surface area contributed by atoms with Crippen LogP contribution >= 0.6 is 0 Å². The lowest BCUT2D eigenvalue weighted by Crippen LogP contribution is -2.53. The molecule has 0 radical (unpaired) electrons. The summed E-state index contributed by atoms with van der Waals surface area (Å²) in [7, 11) is 0. The SMILES string of the molecule is CC(=O)N1CCN(C(=O)[C@H](C)Nc2ccc3c(c2)OCO3)CC1. The van der Waals surface area contributed by atoms with E-state index < -0.39 is 0 Å². The summed E-state index contributed by atoms with van der Waals surface area (Å²) >= 11 is 0. The highest BCUT2D eigenvalue weighted by Crippen LogP contribution is 2.34. The van der Waals surface area contributed by atoms with Crippen LogP contribution in [0.25, 0.3) is 0 Å². The molecule has 2 amide bonds. The number of hydrogen-bond acceptors (Lipinski definition) is 5. The topological polar surface area (TPSA) is 71.1 Å². The average Bonchev–Trinajstić information content (AvgIpc) is 3.01. The summed E-state index contributed by atoms with van der Waals surface area (Å²) in [6, 6.07) is 5.18. The second-order valence-corrected chi connectivity index (χ2v) is 5.77. The smallest absolute Gasteiger partial charge is 0.244 e. The number of benzene rings is 1. The van der Waals surface area contributed by atoms with Crippen molar-refractivity contribution in [1.29, 1.82) is 0 Å². The number of nitrogens with zero attached hydrogens (tertiary/aromatic N) is 2. The van der Waals surface area contributed by atoms with E-state index in [9.17, 15) is 9.59 Å². The minimum atomic E-state index is -0.348. The second-order valence-electron chi connectivity index (χ2n) is 5.77. The van der Waals surface area contributed by atoms with Crippen LogP contribution in [0.2, 0.25) is 0 Å². The van der Waals surface area contributed by atoms with Gasteiger partial charge in [0.1, 0.15) is 6.04 Å². The van der Waals surface area contributed by atoms with E-state index in [4.69, 9.17) is 9.47 Å². The molecule has 1 saturated heterocycles. The number of carbonyl (C=O) groups is 2. The van der Waals surface area contributed by atoms with Crippen LogP contribution in [0.3, 0.4) is 0 Å². The molecule has 1 aromatic carbocycles. The van der Waals surface area contributed by atoms with Gasteiger partial charge in [-0.25, -0.2) is 0 Å². The standard InChI is InChI=1S/C16H21N3O4/c1-11(16(21)19-7-5-18(6-8-19)12(2)20)17-13-3-4-14-15(9-13)23-10-22-14/h3-4,9,11,17H,5-8,10H2,1-2H3/t11-/m0/s1. The maximum absolute atomic E-state index is 12.5. The van der Waals surface area contributed by atoms with Gasteiger partial charge in [-0.2, -0.15) is 0 Å². The van der Waals surface area contributed by atoms with Crippen LogP contribution in [-0.4, -0.2) is 60.6 Å². The molecular weight excluding hydrogens is 298 g/mol. The largest absolute Gasteiger partial charge is 0.454 e. The van der Waals surface area contributed by atoms with Gasteiger partial charge in [0.15, 0.2) is 11.5 Å². The molecule has 2 heterocycles. The molecule has 7 nitrogen and oxygen atoms in total. The van der Waals surface area contributed by atoms with Crippen LogP contribution in [0.4, 0.5) is 5.69 Å². The van der Waals surface area contributed by atoms with Gasteiger partial charge in [-0.3, -0.25) is 9.59 Å². The Labute approximate surface area is 135 Å². The lowest BCUT2D eigenvalue weighted by atomic mass is 10.2. The van der Waals surface area contributed by atoms with Crippen LogP contribution in [0.15, 0.2) is 18.2 Å². The highest BCUT2D eigenvalue weighted by molar-refractivity contribution is 5.85. The van der Waals surface area contributed by atoms with Gasteiger partial charge in [0.25, 0.3) is 0 Å². The van der Waals surface area contributed by atoms with Crippen LogP contribution in [-0.2, 0) is 9.59 Å². The molecule has 1 atom stereocenters. The molecular formula is C16H21N3O4. The lowest BCUT2D eigenvalue weighted by Gasteiger charge is -2.35. The van der Waals surface area contributed by atoms with E-state index in [-0.39, 0.29) is 24.6 Å². The zero-order valence-electron chi connectivity index (χ0n) is 13.4. The molecule has 3 rings (SSSR count). The maximum atomic E-state index is 12.5. The van der Waals surface area contributed by atoms with Gasteiger partial charge in [0.05, 0.1) is 0 Å². The summed E-state index contributed by atoms with van der Waals surface area (Å²) < 4.78 is 10.6. The molecule has 0 saturated carbocycles. The summed E-state index contributed by atoms with van der Waals surface area (Å²) in [6.07, 6.45) is 0. The molecule has 0 bridgehead atoms. The van der Waals surface area contributed by atoms with Crippen molar-refractivity contribution in [2.45, 2.75) is 19.9 Å². The summed E-state index contributed by atoms with van der Waals surface area (Å²) in [6.45, 7) is 5.96. The molecule has 1 aromatic rings. The predicted molar refractivity (Wildman–Crippen MR) is 84.5 cm³/mol. The number of carbonyl (C=O) groups excluding carboxylic acids is 2. The van der Waals surface area contributed by atoms with E-state index in [0.29, 0.717) is 31.9 Å². The fourth-order valence-corrected chi connectivity index (χ4v) is 2.81. The first-order chi connectivity index (χ1) is 11.0. The van der Waals surface area contributed by atoms with Crippen LogP contribution in [0.5, 0.6) is 11.5 Å². The molecule has 0 aromatic heterocycles. The monoisotopic (exact) mass is 319 g/mol. The van der Waals surface area contributed by atoms with Crippen molar-refractivity contribution in [3.63, 3.8) is 0 Å². The van der Waals surface area contributed by atoms with E-state index in [1.807, 2.05) is 25.1 Å². The summed E-state index contributed by atoms with van der Waals surface area (Å²) in [5, 5.41) is 3.20. The van der Waals surface area contributed by atoms with E-state index >= 15 is 0 Å². The minimum Gasteiger partial charge on any atom is -0.454 e. The quantitative estimate of drug-likeness (QED) is 0.896. The molecule has 124 valence electrons. The van der Waals surface area contributed by atoms with Gasteiger partial charge in [-0.1, -0.05) is 0 Å². The van der Waals surface area contributed by atoms with Crippen molar-refractivity contribution in [2.75, 3.05) is 38.3 Å². The Bertz CT molecular complexity index is 611. The van der Waals surface area contributed by atoms with Crippen molar-refractivity contribution in [3.05, 3.63) is 18.2 Å². The first-order valence-electron chi connectivity index (χ1n) is 7.75. The van der Waals surface area contributed by atoms with Gasteiger partial charge in [-0.05, 0) is 19.1 Å². The Balaban J connectivity index is 1.57. The van der Waals surface area contributed by atoms with Gasteiger partial charge in [0, 0.05) is 44.9 Å². The normalized spacial score (nSPS) is 17.8. The van der Waals surface area contributed by atoms with Crippen LogP contribution in [0.1, 0.15) is 13.8 Å². The van der Waals surface area contributed by atoms with E-state index in [1.165, 1.54) is 0 Å². The van der Waals surface area contributed by atoms with E-state index in [0.717, 1.165) is 11.4 Å². The number of anilines is 1. The summed E-state index contributed by atoms with van der Waals surface area (Å²) in [5.74, 6) is 1.49. The number of ether oxygens (including phenoxy) is 2. The van der Waals surface area contributed by atoms with Crippen molar-refractivity contribution in [2.24, 2.45) is 0 Å². The van der Waals surface area contributed by atoms with Gasteiger partial charge in [-0.15, -0.1) is 0 Å². The molecule has 1 fully saturated rings. The predicted octanol–water partition coefficient (Wildman–Crippen LogP) is 0.906. The maximum Gasteiger partial charge on any atom is 0.244 e. The molecule has 2 aliphatic rings. The number of fused-ring (bicyclic) bond motifs is 1. The molecule has 0 aliphatic carbocycles. The van der Waals surface area contributed by atoms with Crippen molar-refractivity contribution >= 4 is 17.5 Å². The Morgan fingerprint density at radius 1 is 1.09 bits per heavy atom. The first kappa shape index (κ1) is 15.5. The summed E-state index contributed by atoms with van der Waals surface area (Å²) in [4.78, 5) is 27.4. The zero-order chi connectivity index (χ0) is 16.4. The fourth-order valence-electron chi connectivity index (χ4n) is 2.81. The number of piperazine rings is 1. The first-order valence-corrected chi connectivity index (χ1v) is 7.75. The van der Waals surface area contributed by atoms with E-state index in [1.54, 1.807) is 16.7 Å². The highest BCUT2D eigenvalue weighted by atomic mass is 16.7. The summed E-state index contributed by atoms with van der Waals surface area (Å²) in [5.41, 5.74) is 0.817. The van der Waals surface area contributed by atoms with E-state index in [2.05, 4.69) is 5.32 Å². The second kappa shape index (κ2) is 6.36. The van der Waals surface area contributed by atoms with Crippen LogP contribution in [0, 0.1) is 0 Å². The Morgan fingerprint density at radius 3 is 2.43 bits per heavy atom. The lowest BCUT2D eigenvalue weighted by molar-refractivity contribution is -0.138. The zero-order valence-corrected chi connectivity index (χ0v) is 13.4. The minimum absolute atomic E-state index is 0.0332. The molecule has 23 heavy (non-hydrogen) atoms. The third-order valence-electron chi connectivity index (χ3n) is 4.16. The fraction of sp³-hybridized carbons (Fsp3) is 0.500. The van der Waals surface area contributed by atoms with Crippen molar-refractivity contribution < 1.29 is 19.1 Å². The third-order valence-corrected chi connectivity index (χ3v) is 4.16. The molecule has 0 spiro atoms. The van der Waals surface area contributed by atoms with Crippen molar-refractivity contribution in [3.8, 4) is 11.5 Å². The Morgan fingerprint density at radius 2 is 1.74 bits per heavy atom. The number of amides is 2.